The van der Waals surface area contributed by atoms with Gasteiger partial charge >= 0.3 is 0 Å². The second-order valence-corrected chi connectivity index (χ2v) is 6.28. The van der Waals surface area contributed by atoms with E-state index < -0.39 is 0 Å². The fourth-order valence-electron chi connectivity index (χ4n) is 2.39. The van der Waals surface area contributed by atoms with Gasteiger partial charge in [-0.25, -0.2) is 0 Å². The van der Waals surface area contributed by atoms with Crippen molar-refractivity contribution in [1.29, 1.82) is 0 Å². The number of benzene rings is 2. The lowest BCUT2D eigenvalue weighted by Crippen LogP contribution is -1.90. The Morgan fingerprint density at radius 3 is 1.90 bits per heavy atom. The Balaban J connectivity index is 1.91. The van der Waals surface area contributed by atoms with Gasteiger partial charge in [-0.3, -0.25) is 0 Å². The van der Waals surface area contributed by atoms with Crippen LogP contribution in [0, 0.1) is 5.92 Å². The van der Waals surface area contributed by atoms with Gasteiger partial charge in [0, 0.05) is 5.02 Å². The van der Waals surface area contributed by atoms with Gasteiger partial charge in [0.2, 0.25) is 0 Å². The van der Waals surface area contributed by atoms with E-state index in [2.05, 4.69) is 50.2 Å². The molecule has 0 nitrogen and oxygen atoms in total. The largest absolute Gasteiger partial charge is 0.0843 e. The van der Waals surface area contributed by atoms with Crippen LogP contribution in [-0.2, 0) is 6.42 Å². The van der Waals surface area contributed by atoms with Crippen LogP contribution >= 0.6 is 11.6 Å². The summed E-state index contributed by atoms with van der Waals surface area (Å²) in [6.07, 6.45) is 5.14. The summed E-state index contributed by atoms with van der Waals surface area (Å²) in [7, 11) is 0. The minimum Gasteiger partial charge on any atom is -0.0843 e. The molecule has 0 aliphatic carbocycles. The standard InChI is InChI=1S/C19H23Cl/c1-15(2)5-3-4-6-16-7-9-17(10-8-16)18-11-13-19(20)14-12-18/h7-15H,3-6H2,1-2H3. The average Bonchev–Trinajstić information content (AvgIpc) is 2.45. The maximum absolute atomic E-state index is 5.92. The van der Waals surface area contributed by atoms with Crippen LogP contribution in [0.1, 0.15) is 38.7 Å². The van der Waals surface area contributed by atoms with E-state index in [4.69, 9.17) is 11.6 Å². The topological polar surface area (TPSA) is 0 Å². The molecule has 2 aromatic carbocycles. The van der Waals surface area contributed by atoms with Crippen molar-refractivity contribution in [3.8, 4) is 11.1 Å². The van der Waals surface area contributed by atoms with E-state index in [-0.39, 0.29) is 0 Å². The maximum atomic E-state index is 5.92. The average molecular weight is 287 g/mol. The number of aryl methyl sites for hydroxylation is 1. The fourth-order valence-corrected chi connectivity index (χ4v) is 2.51. The summed E-state index contributed by atoms with van der Waals surface area (Å²) in [5.41, 5.74) is 3.92. The molecule has 0 amide bonds. The van der Waals surface area contributed by atoms with Crippen LogP contribution in [0.15, 0.2) is 48.5 Å². The van der Waals surface area contributed by atoms with Crippen LogP contribution in [0.5, 0.6) is 0 Å². The van der Waals surface area contributed by atoms with Gasteiger partial charge in [-0.2, -0.15) is 0 Å². The Kier molecular flexibility index (Phi) is 5.67. The summed E-state index contributed by atoms with van der Waals surface area (Å²) in [5, 5.41) is 0.788. The summed E-state index contributed by atoms with van der Waals surface area (Å²) in [4.78, 5) is 0. The Morgan fingerprint density at radius 2 is 1.35 bits per heavy atom. The monoisotopic (exact) mass is 286 g/mol. The van der Waals surface area contributed by atoms with Crippen LogP contribution in [0.4, 0.5) is 0 Å². The first kappa shape index (κ1) is 15.1. The van der Waals surface area contributed by atoms with Gasteiger partial charge in [0.1, 0.15) is 0 Å². The van der Waals surface area contributed by atoms with Crippen molar-refractivity contribution in [2.75, 3.05) is 0 Å². The number of hydrogen-bond donors (Lipinski definition) is 0. The van der Waals surface area contributed by atoms with E-state index in [1.165, 1.54) is 42.4 Å². The highest BCUT2D eigenvalue weighted by molar-refractivity contribution is 6.30. The van der Waals surface area contributed by atoms with E-state index in [1.807, 2.05) is 12.1 Å². The van der Waals surface area contributed by atoms with Gasteiger partial charge in [-0.1, -0.05) is 74.7 Å². The second kappa shape index (κ2) is 7.50. The molecule has 0 saturated heterocycles. The van der Waals surface area contributed by atoms with Crippen LogP contribution in [0.3, 0.4) is 0 Å². The lowest BCUT2D eigenvalue weighted by atomic mass is 10.00. The summed E-state index contributed by atoms with van der Waals surface area (Å²) in [6.45, 7) is 4.59. The van der Waals surface area contributed by atoms with Gasteiger partial charge in [-0.05, 0) is 47.6 Å². The molecular formula is C19H23Cl. The summed E-state index contributed by atoms with van der Waals surface area (Å²) < 4.78 is 0. The van der Waals surface area contributed by atoms with Gasteiger partial charge in [0.25, 0.3) is 0 Å². The Morgan fingerprint density at radius 1 is 0.800 bits per heavy atom. The molecule has 0 heterocycles. The van der Waals surface area contributed by atoms with Crippen molar-refractivity contribution in [2.24, 2.45) is 5.92 Å². The van der Waals surface area contributed by atoms with Gasteiger partial charge in [0.05, 0.1) is 0 Å². The smallest absolute Gasteiger partial charge is 0.0406 e. The molecule has 0 saturated carbocycles. The Hall–Kier alpha value is -1.27. The third-order valence-corrected chi connectivity index (χ3v) is 3.88. The van der Waals surface area contributed by atoms with Crippen molar-refractivity contribution in [3.05, 3.63) is 59.1 Å². The predicted octanol–water partition coefficient (Wildman–Crippen LogP) is 6.38. The van der Waals surface area contributed by atoms with Gasteiger partial charge in [-0.15, -0.1) is 0 Å². The van der Waals surface area contributed by atoms with Crippen LogP contribution in [0.2, 0.25) is 5.02 Å². The van der Waals surface area contributed by atoms with E-state index >= 15 is 0 Å². The minimum atomic E-state index is 0.788. The van der Waals surface area contributed by atoms with Crippen molar-refractivity contribution >= 4 is 11.6 Å². The number of unbranched alkanes of at least 4 members (excludes halogenated alkanes) is 1. The molecular weight excluding hydrogens is 264 g/mol. The first-order valence-electron chi connectivity index (χ1n) is 7.50. The van der Waals surface area contributed by atoms with E-state index in [9.17, 15) is 0 Å². The summed E-state index contributed by atoms with van der Waals surface area (Å²) >= 11 is 5.92. The predicted molar refractivity (Wildman–Crippen MR) is 89.3 cm³/mol. The quantitative estimate of drug-likeness (QED) is 0.541. The summed E-state index contributed by atoms with van der Waals surface area (Å²) in [6, 6.07) is 16.9. The molecule has 0 aromatic heterocycles. The Labute approximate surface area is 127 Å². The van der Waals surface area contributed by atoms with Crippen LogP contribution in [0.25, 0.3) is 11.1 Å². The van der Waals surface area contributed by atoms with E-state index in [0.29, 0.717) is 0 Å². The molecule has 0 fully saturated rings. The summed E-state index contributed by atoms with van der Waals surface area (Å²) in [5.74, 6) is 0.822. The highest BCUT2D eigenvalue weighted by atomic mass is 35.5. The molecule has 20 heavy (non-hydrogen) atoms. The zero-order valence-corrected chi connectivity index (χ0v) is 13.2. The van der Waals surface area contributed by atoms with Crippen molar-refractivity contribution < 1.29 is 0 Å². The third-order valence-electron chi connectivity index (χ3n) is 3.63. The molecule has 0 aliphatic rings. The molecule has 106 valence electrons. The highest BCUT2D eigenvalue weighted by Crippen LogP contribution is 2.22. The molecule has 0 N–H and O–H groups in total. The molecule has 0 spiro atoms. The SMILES string of the molecule is CC(C)CCCCc1ccc(-c2ccc(Cl)cc2)cc1. The zero-order chi connectivity index (χ0) is 14.4. The van der Waals surface area contributed by atoms with E-state index in [0.717, 1.165) is 10.9 Å². The van der Waals surface area contributed by atoms with Crippen molar-refractivity contribution in [1.82, 2.24) is 0 Å². The van der Waals surface area contributed by atoms with Gasteiger partial charge < -0.3 is 0 Å². The first-order chi connectivity index (χ1) is 9.65. The number of rotatable bonds is 6. The van der Waals surface area contributed by atoms with Crippen LogP contribution in [-0.4, -0.2) is 0 Å². The molecule has 0 bridgehead atoms. The lowest BCUT2D eigenvalue weighted by molar-refractivity contribution is 0.538. The van der Waals surface area contributed by atoms with Crippen molar-refractivity contribution in [2.45, 2.75) is 39.5 Å². The molecule has 0 aliphatic heterocycles. The fraction of sp³-hybridized carbons (Fsp3) is 0.368. The second-order valence-electron chi connectivity index (χ2n) is 5.84. The molecule has 2 aromatic rings. The normalized spacial score (nSPS) is 11.0. The first-order valence-corrected chi connectivity index (χ1v) is 7.88. The number of halogens is 1. The Bertz CT molecular complexity index is 508. The van der Waals surface area contributed by atoms with Gasteiger partial charge in [0.15, 0.2) is 0 Å². The zero-order valence-electron chi connectivity index (χ0n) is 12.4. The number of hydrogen-bond acceptors (Lipinski definition) is 0. The van der Waals surface area contributed by atoms with E-state index in [1.54, 1.807) is 0 Å². The molecule has 1 heteroatoms. The molecule has 2 rings (SSSR count). The third kappa shape index (κ3) is 4.68. The van der Waals surface area contributed by atoms with Crippen molar-refractivity contribution in [3.63, 3.8) is 0 Å². The van der Waals surface area contributed by atoms with Crippen LogP contribution < -0.4 is 0 Å². The molecule has 0 unspecified atom stereocenters. The lowest BCUT2D eigenvalue weighted by Gasteiger charge is -2.06. The molecule has 0 radical (unpaired) electrons. The molecule has 0 atom stereocenters. The highest BCUT2D eigenvalue weighted by Gasteiger charge is 1.99. The minimum absolute atomic E-state index is 0.788. The maximum Gasteiger partial charge on any atom is 0.0406 e.